The smallest absolute Gasteiger partial charge is 0.150 e. The third-order valence-corrected chi connectivity index (χ3v) is 4.80. The second-order valence-corrected chi connectivity index (χ2v) is 6.84. The molecule has 0 aromatic heterocycles. The summed E-state index contributed by atoms with van der Waals surface area (Å²) in [6, 6.07) is 0.166. The van der Waals surface area contributed by atoms with Crippen LogP contribution < -0.4 is 11.3 Å². The molecular weight excluding hydrogens is 240 g/mol. The summed E-state index contributed by atoms with van der Waals surface area (Å²) in [6.07, 6.45) is 3.48. The van der Waals surface area contributed by atoms with Crippen molar-refractivity contribution in [3.8, 4) is 0 Å². The highest BCUT2D eigenvalue weighted by molar-refractivity contribution is 7.91. The molecule has 0 aliphatic rings. The summed E-state index contributed by atoms with van der Waals surface area (Å²) in [5.41, 5.74) is 2.74. The minimum absolute atomic E-state index is 0.166. The minimum Gasteiger partial charge on any atom is -0.382 e. The molecule has 0 radical (unpaired) electrons. The molecule has 0 saturated heterocycles. The van der Waals surface area contributed by atoms with Crippen molar-refractivity contribution in [2.75, 3.05) is 18.6 Å². The third-order valence-electron chi connectivity index (χ3n) is 3.01. The zero-order valence-corrected chi connectivity index (χ0v) is 11.9. The standard InChI is InChI=1S/C11H26N2O3S/c1-4-17(14,15)9-5-6-11(13-12)8-7-10(2)16-3/h10-11,13H,4-9,12H2,1-3H3. The number of hydrogen-bond donors (Lipinski definition) is 2. The molecule has 0 saturated carbocycles. The second-order valence-electron chi connectivity index (χ2n) is 4.37. The monoisotopic (exact) mass is 266 g/mol. The Hall–Kier alpha value is -0.170. The fraction of sp³-hybridized carbons (Fsp3) is 1.00. The number of sulfone groups is 1. The van der Waals surface area contributed by atoms with Gasteiger partial charge < -0.3 is 4.74 Å². The van der Waals surface area contributed by atoms with Crippen LogP contribution in [0, 0.1) is 0 Å². The van der Waals surface area contributed by atoms with E-state index in [9.17, 15) is 8.42 Å². The molecule has 3 N–H and O–H groups in total. The van der Waals surface area contributed by atoms with E-state index in [1.807, 2.05) is 6.92 Å². The van der Waals surface area contributed by atoms with Crippen LogP contribution in [0.25, 0.3) is 0 Å². The molecule has 0 fully saturated rings. The Kier molecular flexibility index (Phi) is 8.77. The summed E-state index contributed by atoms with van der Waals surface area (Å²) < 4.78 is 27.8. The van der Waals surface area contributed by atoms with Gasteiger partial charge in [-0.2, -0.15) is 0 Å². The predicted octanol–water partition coefficient (Wildman–Crippen LogP) is 0.848. The summed E-state index contributed by atoms with van der Waals surface area (Å²) in [7, 11) is -1.17. The first-order valence-corrected chi connectivity index (χ1v) is 7.96. The Balaban J connectivity index is 3.83. The van der Waals surface area contributed by atoms with Gasteiger partial charge in [-0.1, -0.05) is 6.92 Å². The summed E-state index contributed by atoms with van der Waals surface area (Å²) >= 11 is 0. The minimum atomic E-state index is -2.85. The summed E-state index contributed by atoms with van der Waals surface area (Å²) in [5.74, 6) is 5.91. The van der Waals surface area contributed by atoms with E-state index >= 15 is 0 Å². The van der Waals surface area contributed by atoms with Gasteiger partial charge >= 0.3 is 0 Å². The first-order valence-electron chi connectivity index (χ1n) is 6.14. The Morgan fingerprint density at radius 3 is 2.41 bits per heavy atom. The molecule has 0 bridgehead atoms. The van der Waals surface area contributed by atoms with Gasteiger partial charge in [0, 0.05) is 18.9 Å². The largest absolute Gasteiger partial charge is 0.382 e. The SMILES string of the molecule is CCS(=O)(=O)CCCC(CCC(C)OC)NN. The Morgan fingerprint density at radius 1 is 1.29 bits per heavy atom. The predicted molar refractivity (Wildman–Crippen MR) is 70.4 cm³/mol. The molecule has 6 heteroatoms. The van der Waals surface area contributed by atoms with Gasteiger partial charge in [-0.05, 0) is 32.6 Å². The molecule has 2 unspecified atom stereocenters. The number of nitrogens with two attached hydrogens (primary N) is 1. The van der Waals surface area contributed by atoms with Crippen LogP contribution in [0.4, 0.5) is 0 Å². The van der Waals surface area contributed by atoms with E-state index in [1.54, 1.807) is 14.0 Å². The first-order chi connectivity index (χ1) is 7.95. The number of methoxy groups -OCH3 is 1. The zero-order chi connectivity index (χ0) is 13.3. The van der Waals surface area contributed by atoms with Gasteiger partial charge in [-0.15, -0.1) is 0 Å². The van der Waals surface area contributed by atoms with E-state index in [0.717, 1.165) is 19.3 Å². The zero-order valence-electron chi connectivity index (χ0n) is 11.1. The lowest BCUT2D eigenvalue weighted by Crippen LogP contribution is -2.36. The molecule has 0 aliphatic carbocycles. The number of ether oxygens (including phenoxy) is 1. The van der Waals surface area contributed by atoms with E-state index in [1.165, 1.54) is 0 Å². The van der Waals surface area contributed by atoms with E-state index < -0.39 is 9.84 Å². The molecule has 0 rings (SSSR count). The molecule has 104 valence electrons. The number of hydrogen-bond acceptors (Lipinski definition) is 5. The summed E-state index contributed by atoms with van der Waals surface area (Å²) in [6.45, 7) is 3.68. The van der Waals surface area contributed by atoms with Gasteiger partial charge in [0.1, 0.15) is 9.84 Å². The Labute approximate surface area is 105 Å². The van der Waals surface area contributed by atoms with Gasteiger partial charge in [-0.3, -0.25) is 11.3 Å². The third kappa shape index (κ3) is 8.54. The van der Waals surface area contributed by atoms with E-state index in [0.29, 0.717) is 6.42 Å². The number of rotatable bonds is 10. The van der Waals surface area contributed by atoms with Gasteiger partial charge in [0.2, 0.25) is 0 Å². The van der Waals surface area contributed by atoms with Crippen molar-refractivity contribution in [3.05, 3.63) is 0 Å². The van der Waals surface area contributed by atoms with Gasteiger partial charge in [0.25, 0.3) is 0 Å². The topological polar surface area (TPSA) is 81.4 Å². The Morgan fingerprint density at radius 2 is 1.94 bits per heavy atom. The average molecular weight is 266 g/mol. The van der Waals surface area contributed by atoms with Crippen molar-refractivity contribution >= 4 is 9.84 Å². The van der Waals surface area contributed by atoms with Crippen LogP contribution in [-0.2, 0) is 14.6 Å². The Bertz CT molecular complexity index is 280. The van der Waals surface area contributed by atoms with Crippen molar-refractivity contribution < 1.29 is 13.2 Å². The van der Waals surface area contributed by atoms with Crippen LogP contribution in [-0.4, -0.2) is 39.2 Å². The lowest BCUT2D eigenvalue weighted by molar-refractivity contribution is 0.105. The maximum absolute atomic E-state index is 11.3. The molecule has 0 aromatic rings. The molecule has 17 heavy (non-hydrogen) atoms. The van der Waals surface area contributed by atoms with Crippen molar-refractivity contribution in [2.24, 2.45) is 5.84 Å². The van der Waals surface area contributed by atoms with Crippen LogP contribution in [0.3, 0.4) is 0 Å². The summed E-state index contributed by atoms with van der Waals surface area (Å²) in [5, 5.41) is 0. The maximum atomic E-state index is 11.3. The van der Waals surface area contributed by atoms with E-state index in [-0.39, 0.29) is 23.7 Å². The first kappa shape index (κ1) is 16.8. The molecule has 0 aromatic carbocycles. The highest BCUT2D eigenvalue weighted by Gasteiger charge is 2.12. The van der Waals surface area contributed by atoms with Gasteiger partial charge in [0.15, 0.2) is 0 Å². The highest BCUT2D eigenvalue weighted by Crippen LogP contribution is 2.09. The lowest BCUT2D eigenvalue weighted by Gasteiger charge is -2.17. The van der Waals surface area contributed by atoms with E-state index in [2.05, 4.69) is 5.43 Å². The average Bonchev–Trinajstić information content (AvgIpc) is 2.32. The van der Waals surface area contributed by atoms with Crippen LogP contribution in [0.2, 0.25) is 0 Å². The fourth-order valence-electron chi connectivity index (χ4n) is 1.56. The molecule has 0 heterocycles. The number of hydrazine groups is 1. The van der Waals surface area contributed by atoms with Crippen molar-refractivity contribution in [3.63, 3.8) is 0 Å². The van der Waals surface area contributed by atoms with Crippen LogP contribution >= 0.6 is 0 Å². The van der Waals surface area contributed by atoms with E-state index in [4.69, 9.17) is 10.6 Å². The van der Waals surface area contributed by atoms with Crippen LogP contribution in [0.15, 0.2) is 0 Å². The molecule has 0 amide bonds. The van der Waals surface area contributed by atoms with Crippen LogP contribution in [0.5, 0.6) is 0 Å². The van der Waals surface area contributed by atoms with Gasteiger partial charge in [-0.25, -0.2) is 8.42 Å². The molecule has 0 aliphatic heterocycles. The quantitative estimate of drug-likeness (QED) is 0.452. The fourth-order valence-corrected chi connectivity index (χ4v) is 2.45. The molecule has 5 nitrogen and oxygen atoms in total. The molecular formula is C11H26N2O3S. The summed E-state index contributed by atoms with van der Waals surface area (Å²) in [4.78, 5) is 0. The van der Waals surface area contributed by atoms with Crippen LogP contribution in [0.1, 0.15) is 39.5 Å². The number of nitrogens with one attached hydrogen (secondary N) is 1. The van der Waals surface area contributed by atoms with Crippen molar-refractivity contribution in [1.29, 1.82) is 0 Å². The molecule has 2 atom stereocenters. The lowest BCUT2D eigenvalue weighted by atomic mass is 10.1. The molecule has 0 spiro atoms. The van der Waals surface area contributed by atoms with Crippen molar-refractivity contribution in [1.82, 2.24) is 5.43 Å². The van der Waals surface area contributed by atoms with Crippen molar-refractivity contribution in [2.45, 2.75) is 51.7 Å². The highest BCUT2D eigenvalue weighted by atomic mass is 32.2. The van der Waals surface area contributed by atoms with Gasteiger partial charge in [0.05, 0.1) is 11.9 Å². The maximum Gasteiger partial charge on any atom is 0.150 e. The second kappa shape index (κ2) is 8.85. The normalized spacial score (nSPS) is 15.8.